The van der Waals surface area contributed by atoms with Crippen molar-refractivity contribution in [2.24, 2.45) is 5.73 Å². The molecule has 0 heterocycles. The van der Waals surface area contributed by atoms with E-state index < -0.39 is 31.6 Å². The van der Waals surface area contributed by atoms with Gasteiger partial charge in [0, 0.05) is 26.6 Å². The molecule has 0 atom stereocenters. The lowest BCUT2D eigenvalue weighted by atomic mass is 10.2. The highest BCUT2D eigenvalue weighted by Gasteiger charge is 2.44. The van der Waals surface area contributed by atoms with Crippen LogP contribution in [0.5, 0.6) is 0 Å². The van der Waals surface area contributed by atoms with Gasteiger partial charge >= 0.3 is 24.3 Å². The van der Waals surface area contributed by atoms with Crippen LogP contribution >= 0.6 is 7.26 Å². The van der Waals surface area contributed by atoms with Crippen LogP contribution in [0.4, 0.5) is 26.3 Å². The SMILES string of the molecule is CN(CCCC(=O)NCCCCC[P+](c1ccccc1)(c1ccccc1)c1ccccc1)C(=N)N.O=C(O)C(F)(F)F.O=C(O)C(F)(F)F. The van der Waals surface area contributed by atoms with Gasteiger partial charge in [-0.05, 0) is 62.1 Å². The molecule has 3 aromatic rings. The van der Waals surface area contributed by atoms with E-state index in [9.17, 15) is 31.1 Å². The van der Waals surface area contributed by atoms with E-state index in [1.165, 1.54) is 15.9 Å². The number of rotatable bonds is 13. The van der Waals surface area contributed by atoms with Crippen molar-refractivity contribution in [3.05, 3.63) is 91.0 Å². The molecule has 0 saturated carbocycles. The topological polar surface area (TPSA) is 157 Å². The average Bonchev–Trinajstić information content (AvgIpc) is 3.05. The van der Waals surface area contributed by atoms with E-state index in [1.54, 1.807) is 11.9 Å². The monoisotopic (exact) mass is 717 g/mol. The molecule has 0 bridgehead atoms. The standard InChI is InChI=1S/C29H37N4OP.2C2HF3O2/c1-33(29(30)31)23-14-21-28(34)32-22-12-5-13-24-35(25-15-6-2-7-16-25,26-17-8-3-9-18-26)27-19-10-4-11-20-27;2*3-2(4,5)1(6)7/h2-4,6-11,15-20H,5,12-14,21-24H2,1H3,(H3-,30,31,32,34);2*(H,6,7)/p+1. The molecule has 3 rings (SSSR count). The van der Waals surface area contributed by atoms with Crippen LogP contribution in [0, 0.1) is 5.41 Å². The van der Waals surface area contributed by atoms with Crippen molar-refractivity contribution in [1.29, 1.82) is 5.41 Å². The maximum absolute atomic E-state index is 12.1. The highest BCUT2D eigenvalue weighted by molar-refractivity contribution is 7.95. The third kappa shape index (κ3) is 15.4. The molecule has 0 radical (unpaired) electrons. The second-order valence-corrected chi connectivity index (χ2v) is 14.1. The van der Waals surface area contributed by atoms with Crippen LogP contribution in [0.3, 0.4) is 0 Å². The van der Waals surface area contributed by atoms with Gasteiger partial charge in [-0.3, -0.25) is 10.2 Å². The Balaban J connectivity index is 0.000000717. The van der Waals surface area contributed by atoms with E-state index in [2.05, 4.69) is 96.3 Å². The Hall–Kier alpha value is -4.65. The highest BCUT2D eigenvalue weighted by atomic mass is 31.2. The van der Waals surface area contributed by atoms with E-state index in [-0.39, 0.29) is 11.9 Å². The normalized spacial score (nSPS) is 11.2. The van der Waals surface area contributed by atoms with Gasteiger partial charge in [-0.2, -0.15) is 26.3 Å². The van der Waals surface area contributed by atoms with Gasteiger partial charge in [-0.1, -0.05) is 54.6 Å². The fraction of sp³-hybridized carbons (Fsp3) is 0.333. The van der Waals surface area contributed by atoms with Gasteiger partial charge in [-0.25, -0.2) is 9.59 Å². The molecule has 0 aliphatic carbocycles. The Bertz CT molecular complexity index is 1330. The Kier molecular flexibility index (Phi) is 17.9. The Morgan fingerprint density at radius 1 is 0.714 bits per heavy atom. The Morgan fingerprint density at radius 3 is 1.41 bits per heavy atom. The van der Waals surface area contributed by atoms with Gasteiger partial charge in [-0.15, -0.1) is 0 Å². The number of guanidine groups is 1. The number of carbonyl (C=O) groups is 3. The summed E-state index contributed by atoms with van der Waals surface area (Å²) >= 11 is 0. The number of unbranched alkanes of at least 4 members (excludes halogenated alkanes) is 2. The summed E-state index contributed by atoms with van der Waals surface area (Å²) in [5.74, 6) is -5.41. The number of aliphatic carboxylic acids is 2. The molecule has 268 valence electrons. The summed E-state index contributed by atoms with van der Waals surface area (Å²) in [5.41, 5.74) is 5.43. The van der Waals surface area contributed by atoms with Gasteiger partial charge in [0.2, 0.25) is 5.91 Å². The fourth-order valence-electron chi connectivity index (χ4n) is 4.45. The van der Waals surface area contributed by atoms with E-state index in [0.29, 0.717) is 25.9 Å². The first-order valence-corrected chi connectivity index (χ1v) is 16.9. The van der Waals surface area contributed by atoms with Gasteiger partial charge in [0.1, 0.15) is 23.2 Å². The summed E-state index contributed by atoms with van der Waals surface area (Å²) in [7, 11) is -0.00587. The lowest BCUT2D eigenvalue weighted by molar-refractivity contribution is -0.193. The zero-order valence-corrected chi connectivity index (χ0v) is 27.6. The number of carboxylic acid groups (broad SMARTS) is 2. The minimum atomic E-state index is -5.08. The predicted molar refractivity (Wildman–Crippen MR) is 178 cm³/mol. The molecule has 1 amide bonds. The molecule has 9 nitrogen and oxygen atoms in total. The first kappa shape index (κ1) is 42.4. The quantitative estimate of drug-likeness (QED) is 0.0539. The van der Waals surface area contributed by atoms with Crippen LogP contribution in [-0.4, -0.2) is 77.6 Å². The molecular formula is C33H40F6N4O5P+. The molecule has 0 spiro atoms. The largest absolute Gasteiger partial charge is 0.490 e. The summed E-state index contributed by atoms with van der Waals surface area (Å²) in [6, 6.07) is 32.9. The van der Waals surface area contributed by atoms with Crippen molar-refractivity contribution in [1.82, 2.24) is 10.2 Å². The summed E-state index contributed by atoms with van der Waals surface area (Å²) in [6.07, 6.45) is -4.76. The van der Waals surface area contributed by atoms with Crippen LogP contribution in [0.1, 0.15) is 32.1 Å². The number of nitrogens with zero attached hydrogens (tertiary/aromatic N) is 1. The molecule has 0 aliphatic rings. The van der Waals surface area contributed by atoms with Crippen molar-refractivity contribution in [3.63, 3.8) is 0 Å². The number of hydrogen-bond acceptors (Lipinski definition) is 4. The number of amides is 1. The third-order valence-electron chi connectivity index (χ3n) is 6.88. The van der Waals surface area contributed by atoms with Crippen molar-refractivity contribution in [2.45, 2.75) is 44.5 Å². The minimum absolute atomic E-state index is 0.0332. The average molecular weight is 718 g/mol. The molecule has 0 aliphatic heterocycles. The highest BCUT2D eigenvalue weighted by Crippen LogP contribution is 2.55. The van der Waals surface area contributed by atoms with E-state index in [0.717, 1.165) is 25.4 Å². The van der Waals surface area contributed by atoms with E-state index >= 15 is 0 Å². The number of halogens is 6. The maximum atomic E-state index is 12.1. The Morgan fingerprint density at radius 2 is 1.08 bits per heavy atom. The summed E-state index contributed by atoms with van der Waals surface area (Å²) in [4.78, 5) is 31.6. The molecular weight excluding hydrogens is 677 g/mol. The summed E-state index contributed by atoms with van der Waals surface area (Å²) in [6.45, 7) is 1.32. The van der Waals surface area contributed by atoms with E-state index in [4.69, 9.17) is 30.9 Å². The zero-order chi connectivity index (χ0) is 37.1. The first-order chi connectivity index (χ1) is 22.9. The van der Waals surface area contributed by atoms with Crippen molar-refractivity contribution in [3.8, 4) is 0 Å². The molecule has 49 heavy (non-hydrogen) atoms. The smallest absolute Gasteiger partial charge is 0.475 e. The third-order valence-corrected chi connectivity index (χ3v) is 11.4. The van der Waals surface area contributed by atoms with Crippen molar-refractivity contribution < 1.29 is 50.9 Å². The predicted octanol–water partition coefficient (Wildman–Crippen LogP) is 5.14. The van der Waals surface area contributed by atoms with Gasteiger partial charge in [0.15, 0.2) is 5.96 Å². The Labute approximate surface area is 281 Å². The first-order valence-electron chi connectivity index (χ1n) is 14.9. The number of carbonyl (C=O) groups excluding carboxylic acids is 1. The number of nitrogens with one attached hydrogen (secondary N) is 2. The van der Waals surface area contributed by atoms with Crippen LogP contribution in [-0.2, 0) is 14.4 Å². The van der Waals surface area contributed by atoms with Gasteiger partial charge in [0.25, 0.3) is 0 Å². The van der Waals surface area contributed by atoms with Crippen molar-refractivity contribution >= 4 is 47.0 Å². The molecule has 3 aromatic carbocycles. The van der Waals surface area contributed by atoms with Crippen molar-refractivity contribution in [2.75, 3.05) is 26.3 Å². The van der Waals surface area contributed by atoms with Crippen LogP contribution in [0.2, 0.25) is 0 Å². The number of carboxylic acids is 2. The van der Waals surface area contributed by atoms with Crippen LogP contribution < -0.4 is 27.0 Å². The van der Waals surface area contributed by atoms with Crippen LogP contribution in [0.25, 0.3) is 0 Å². The number of benzene rings is 3. The number of alkyl halides is 6. The molecule has 0 saturated heterocycles. The lowest BCUT2D eigenvalue weighted by Crippen LogP contribution is -2.34. The molecule has 0 aromatic heterocycles. The van der Waals surface area contributed by atoms with Crippen LogP contribution in [0.15, 0.2) is 91.0 Å². The number of hydrogen-bond donors (Lipinski definition) is 5. The second-order valence-electron chi connectivity index (χ2n) is 10.5. The lowest BCUT2D eigenvalue weighted by Gasteiger charge is -2.27. The minimum Gasteiger partial charge on any atom is -0.475 e. The number of nitrogens with two attached hydrogens (primary N) is 1. The zero-order valence-electron chi connectivity index (χ0n) is 26.7. The summed E-state index contributed by atoms with van der Waals surface area (Å²) < 4.78 is 63.5. The fourth-order valence-corrected chi connectivity index (χ4v) is 8.86. The van der Waals surface area contributed by atoms with Gasteiger partial charge in [0.05, 0.1) is 6.16 Å². The molecule has 0 fully saturated rings. The molecule has 16 heteroatoms. The maximum Gasteiger partial charge on any atom is 0.490 e. The van der Waals surface area contributed by atoms with E-state index in [1.807, 2.05) is 0 Å². The molecule has 0 unspecified atom stereocenters. The second kappa shape index (κ2) is 20.7. The van der Waals surface area contributed by atoms with Gasteiger partial charge < -0.3 is 26.2 Å². The molecule has 6 N–H and O–H groups in total. The summed E-state index contributed by atoms with van der Waals surface area (Å²) in [5, 5.41) is 28.9.